The van der Waals surface area contributed by atoms with Gasteiger partial charge in [-0.3, -0.25) is 4.79 Å². The van der Waals surface area contributed by atoms with Crippen LogP contribution in [-0.2, 0) is 14.3 Å². The topological polar surface area (TPSA) is 79.2 Å². The van der Waals surface area contributed by atoms with Gasteiger partial charge in [-0.2, -0.15) is 0 Å². The van der Waals surface area contributed by atoms with Gasteiger partial charge < -0.3 is 24.6 Å². The van der Waals surface area contributed by atoms with Crippen LogP contribution in [0.5, 0.6) is 0 Å². The first kappa shape index (κ1) is 17.8. The van der Waals surface area contributed by atoms with Crippen LogP contribution in [0, 0.1) is 0 Å². The second kappa shape index (κ2) is 8.33. The molecule has 2 aliphatic rings. The summed E-state index contributed by atoms with van der Waals surface area (Å²) in [4.78, 5) is 13.7. The zero-order valence-electron chi connectivity index (χ0n) is 13.7. The van der Waals surface area contributed by atoms with E-state index in [4.69, 9.17) is 14.6 Å². The number of β-amino-alcohol motifs (C(OH)–C–C–N with tert-alkyl or cyclic N) is 1. The van der Waals surface area contributed by atoms with Crippen LogP contribution in [-0.4, -0.2) is 54.4 Å². The first-order valence-electron chi connectivity index (χ1n) is 7.46. The molecule has 2 N–H and O–H groups in total. The average Bonchev–Trinajstić information content (AvgIpc) is 2.61. The number of Topliss-reactive ketones (excluding diaryl/α,β-unsaturated/α-hetero) is 1. The number of aliphatic hydroxyl groups excluding tert-OH is 2. The van der Waals surface area contributed by atoms with Crippen LogP contribution in [0.3, 0.4) is 0 Å². The van der Waals surface area contributed by atoms with Crippen LogP contribution < -0.4 is 0 Å². The summed E-state index contributed by atoms with van der Waals surface area (Å²) >= 11 is 0. The highest BCUT2D eigenvalue weighted by atomic mass is 16.5. The minimum Gasteiger partial charge on any atom is -0.492 e. The third-order valence-corrected chi connectivity index (χ3v) is 3.50. The second-order valence-corrected chi connectivity index (χ2v) is 5.25. The predicted octanol–water partition coefficient (Wildman–Crippen LogP) is 1.18. The molecule has 1 aliphatic carbocycles. The summed E-state index contributed by atoms with van der Waals surface area (Å²) in [7, 11) is 2.89. The zero-order valence-corrected chi connectivity index (χ0v) is 13.7. The molecule has 0 fully saturated rings. The summed E-state index contributed by atoms with van der Waals surface area (Å²) in [5.74, 6) is 0.191. The van der Waals surface area contributed by atoms with E-state index in [0.717, 1.165) is 11.1 Å². The van der Waals surface area contributed by atoms with Crippen molar-refractivity contribution in [3.8, 4) is 0 Å². The summed E-state index contributed by atoms with van der Waals surface area (Å²) in [6, 6.07) is 0. The van der Waals surface area contributed by atoms with Crippen LogP contribution >= 0.6 is 0 Å². The number of ketones is 1. The first-order valence-corrected chi connectivity index (χ1v) is 7.46. The quantitative estimate of drug-likeness (QED) is 0.761. The van der Waals surface area contributed by atoms with Gasteiger partial charge in [0, 0.05) is 12.4 Å². The summed E-state index contributed by atoms with van der Waals surface area (Å²) in [5.41, 5.74) is 1.74. The highest BCUT2D eigenvalue weighted by molar-refractivity contribution is 6.07. The Bertz CT molecular complexity index is 625. The van der Waals surface area contributed by atoms with Crippen molar-refractivity contribution in [3.05, 3.63) is 71.5 Å². The molecule has 0 aromatic carbocycles. The normalized spacial score (nSPS) is 18.2. The van der Waals surface area contributed by atoms with Crippen LogP contribution in [0.2, 0.25) is 0 Å². The van der Waals surface area contributed by atoms with Gasteiger partial charge in [0.05, 0.1) is 33.5 Å². The number of aliphatic hydroxyl groups is 2. The van der Waals surface area contributed by atoms with Gasteiger partial charge in [0.1, 0.15) is 0 Å². The molecule has 0 amide bonds. The number of nitrogens with zero attached hydrogens (tertiary/aromatic N) is 1. The molecule has 0 spiro atoms. The third kappa shape index (κ3) is 4.47. The van der Waals surface area contributed by atoms with E-state index in [0.29, 0.717) is 6.54 Å². The summed E-state index contributed by atoms with van der Waals surface area (Å²) in [5, 5.41) is 18.3. The van der Waals surface area contributed by atoms with E-state index in [-0.39, 0.29) is 23.9 Å². The molecular formula is C18H21NO5. The van der Waals surface area contributed by atoms with Gasteiger partial charge >= 0.3 is 0 Å². The molecule has 1 unspecified atom stereocenters. The number of hydrogen-bond donors (Lipinski definition) is 2. The Morgan fingerprint density at radius 1 is 1.08 bits per heavy atom. The Kier molecular flexibility index (Phi) is 6.17. The maximum atomic E-state index is 11.9. The van der Waals surface area contributed by atoms with Gasteiger partial charge in [0.2, 0.25) is 0 Å². The summed E-state index contributed by atoms with van der Waals surface area (Å²) in [6.07, 6.45) is 13.7. The molecule has 2 rings (SSSR count). The Labute approximate surface area is 141 Å². The van der Waals surface area contributed by atoms with E-state index in [9.17, 15) is 9.90 Å². The van der Waals surface area contributed by atoms with E-state index < -0.39 is 6.10 Å². The number of ether oxygens (including phenoxy) is 2. The van der Waals surface area contributed by atoms with E-state index >= 15 is 0 Å². The molecule has 0 aromatic heterocycles. The van der Waals surface area contributed by atoms with Crippen molar-refractivity contribution in [2.75, 3.05) is 27.4 Å². The molecule has 0 radical (unpaired) electrons. The standard InChI is InChI=1S/C18H21NO5/c1-23-16-9-14(10-17(24-2)18(16)22)4-3-13-5-7-19(8-6-13)11-15(21)12-20/h3-10,15,20-21H,11-12H2,1-2H3. The number of allylic oxidation sites excluding steroid dienone is 8. The van der Waals surface area contributed by atoms with E-state index in [1.807, 2.05) is 36.7 Å². The SMILES string of the molecule is COC1=CC(=CC=C2C=CN(CC(O)CO)C=C2)C=C(OC)C1=O. The summed E-state index contributed by atoms with van der Waals surface area (Å²) < 4.78 is 10.1. The lowest BCUT2D eigenvalue weighted by atomic mass is 10.0. The van der Waals surface area contributed by atoms with Crippen molar-refractivity contribution in [3.63, 3.8) is 0 Å². The number of rotatable bonds is 6. The zero-order chi connectivity index (χ0) is 17.5. The van der Waals surface area contributed by atoms with Gasteiger partial charge in [-0.1, -0.05) is 12.2 Å². The Hall–Kier alpha value is -2.57. The second-order valence-electron chi connectivity index (χ2n) is 5.25. The number of methoxy groups -OCH3 is 2. The lowest BCUT2D eigenvalue weighted by Crippen LogP contribution is -2.27. The minimum atomic E-state index is -0.776. The molecule has 1 heterocycles. The van der Waals surface area contributed by atoms with Gasteiger partial charge in [-0.15, -0.1) is 0 Å². The van der Waals surface area contributed by atoms with Crippen molar-refractivity contribution < 1.29 is 24.5 Å². The van der Waals surface area contributed by atoms with Crippen molar-refractivity contribution in [2.24, 2.45) is 0 Å². The van der Waals surface area contributed by atoms with Crippen LogP contribution in [0.1, 0.15) is 0 Å². The summed E-state index contributed by atoms with van der Waals surface area (Å²) in [6.45, 7) is 0.0634. The lowest BCUT2D eigenvalue weighted by Gasteiger charge is -2.21. The minimum absolute atomic E-state index is 0.234. The molecule has 128 valence electrons. The van der Waals surface area contributed by atoms with Crippen molar-refractivity contribution in [1.82, 2.24) is 4.90 Å². The van der Waals surface area contributed by atoms with Crippen LogP contribution in [0.4, 0.5) is 0 Å². The molecule has 6 heteroatoms. The smallest absolute Gasteiger partial charge is 0.261 e. The first-order chi connectivity index (χ1) is 11.6. The highest BCUT2D eigenvalue weighted by Gasteiger charge is 2.21. The maximum Gasteiger partial charge on any atom is 0.261 e. The number of hydrogen-bond acceptors (Lipinski definition) is 6. The fourth-order valence-electron chi connectivity index (χ4n) is 2.19. The molecule has 0 saturated carbocycles. The van der Waals surface area contributed by atoms with Crippen molar-refractivity contribution in [1.29, 1.82) is 0 Å². The van der Waals surface area contributed by atoms with Gasteiger partial charge in [0.15, 0.2) is 11.5 Å². The largest absolute Gasteiger partial charge is 0.492 e. The average molecular weight is 331 g/mol. The van der Waals surface area contributed by atoms with Gasteiger partial charge in [-0.05, 0) is 35.5 Å². The highest BCUT2D eigenvalue weighted by Crippen LogP contribution is 2.20. The molecule has 24 heavy (non-hydrogen) atoms. The molecule has 0 saturated heterocycles. The van der Waals surface area contributed by atoms with E-state index in [1.54, 1.807) is 17.1 Å². The number of carbonyl (C=O) groups excluding carboxylic acids is 1. The monoisotopic (exact) mass is 331 g/mol. The Morgan fingerprint density at radius 2 is 1.62 bits per heavy atom. The number of carbonyl (C=O) groups is 1. The molecule has 6 nitrogen and oxygen atoms in total. The lowest BCUT2D eigenvalue weighted by molar-refractivity contribution is -0.117. The molecular weight excluding hydrogens is 310 g/mol. The fourth-order valence-corrected chi connectivity index (χ4v) is 2.19. The van der Waals surface area contributed by atoms with Gasteiger partial charge in [-0.25, -0.2) is 0 Å². The van der Waals surface area contributed by atoms with Gasteiger partial charge in [0.25, 0.3) is 5.78 Å². The molecule has 1 aliphatic heterocycles. The predicted molar refractivity (Wildman–Crippen MR) is 89.4 cm³/mol. The third-order valence-electron chi connectivity index (χ3n) is 3.50. The molecule has 0 bridgehead atoms. The van der Waals surface area contributed by atoms with Crippen LogP contribution in [0.15, 0.2) is 71.5 Å². The van der Waals surface area contributed by atoms with E-state index in [1.165, 1.54) is 14.2 Å². The Balaban J connectivity index is 2.10. The Morgan fingerprint density at radius 3 is 2.12 bits per heavy atom. The van der Waals surface area contributed by atoms with E-state index in [2.05, 4.69) is 0 Å². The van der Waals surface area contributed by atoms with Crippen molar-refractivity contribution >= 4 is 5.78 Å². The molecule has 0 aromatic rings. The van der Waals surface area contributed by atoms with Crippen molar-refractivity contribution in [2.45, 2.75) is 6.10 Å². The molecule has 1 atom stereocenters. The van der Waals surface area contributed by atoms with Crippen LogP contribution in [0.25, 0.3) is 0 Å². The fraction of sp³-hybridized carbons (Fsp3) is 0.278. The maximum absolute atomic E-state index is 11.9.